The van der Waals surface area contributed by atoms with Gasteiger partial charge < -0.3 is 14.2 Å². The van der Waals surface area contributed by atoms with Crippen LogP contribution in [0.4, 0.5) is 4.79 Å². The molecule has 0 atom stereocenters. The van der Waals surface area contributed by atoms with Gasteiger partial charge in [-0.05, 0) is 41.5 Å². The summed E-state index contributed by atoms with van der Waals surface area (Å²) in [5.74, 6) is 0.220. The molecule has 0 radical (unpaired) electrons. The van der Waals surface area contributed by atoms with Gasteiger partial charge in [-0.15, -0.1) is 0 Å². The number of nitrogens with zero attached hydrogens (tertiary/aromatic N) is 2. The highest BCUT2D eigenvalue weighted by atomic mass is 16.5. The highest BCUT2D eigenvalue weighted by molar-refractivity contribution is 6.02. The summed E-state index contributed by atoms with van der Waals surface area (Å²) < 4.78 is 15.8. The van der Waals surface area contributed by atoms with Crippen LogP contribution in [0.3, 0.4) is 0 Å². The van der Waals surface area contributed by atoms with Gasteiger partial charge in [-0.1, -0.05) is 12.1 Å². The molecule has 0 bridgehead atoms. The first-order valence-corrected chi connectivity index (χ1v) is 8.63. The van der Waals surface area contributed by atoms with Crippen molar-refractivity contribution in [1.29, 1.82) is 0 Å². The predicted octanol–water partition coefficient (Wildman–Crippen LogP) is 1.95. The first-order valence-electron chi connectivity index (χ1n) is 8.63. The van der Waals surface area contributed by atoms with Crippen LogP contribution in [-0.2, 0) is 16.1 Å². The number of amides is 3. The number of hydrazone groups is 1. The molecule has 0 aromatic heterocycles. The van der Waals surface area contributed by atoms with Crippen LogP contribution in [0.1, 0.15) is 21.5 Å². The van der Waals surface area contributed by atoms with E-state index in [-0.39, 0.29) is 13.2 Å². The Morgan fingerprint density at radius 2 is 1.90 bits per heavy atom. The zero-order valence-electron chi connectivity index (χ0n) is 15.9. The minimum absolute atomic E-state index is 0.109. The summed E-state index contributed by atoms with van der Waals surface area (Å²) in [6, 6.07) is 11.5. The maximum atomic E-state index is 11.5. The number of hydrogen-bond acceptors (Lipinski definition) is 7. The number of rotatable bonds is 7. The van der Waals surface area contributed by atoms with Crippen LogP contribution in [-0.4, -0.2) is 49.9 Å². The van der Waals surface area contributed by atoms with Crippen molar-refractivity contribution < 1.29 is 28.6 Å². The summed E-state index contributed by atoms with van der Waals surface area (Å²) in [6.07, 6.45) is 1.45. The van der Waals surface area contributed by atoms with Crippen LogP contribution in [0, 0.1) is 0 Å². The zero-order chi connectivity index (χ0) is 20.8. The smallest absolute Gasteiger partial charge is 0.344 e. The number of imide groups is 1. The van der Waals surface area contributed by atoms with E-state index in [2.05, 4.69) is 15.2 Å². The molecule has 0 spiro atoms. The van der Waals surface area contributed by atoms with Crippen LogP contribution in [0.2, 0.25) is 0 Å². The third kappa shape index (κ3) is 4.89. The van der Waals surface area contributed by atoms with Gasteiger partial charge in [0.2, 0.25) is 5.91 Å². The van der Waals surface area contributed by atoms with Gasteiger partial charge in [-0.2, -0.15) is 5.10 Å². The molecule has 9 heteroatoms. The molecule has 3 amide bonds. The second-order valence-electron chi connectivity index (χ2n) is 6.04. The summed E-state index contributed by atoms with van der Waals surface area (Å²) in [5.41, 5.74) is 2.00. The first-order chi connectivity index (χ1) is 14.0. The van der Waals surface area contributed by atoms with Crippen LogP contribution in [0.25, 0.3) is 0 Å². The van der Waals surface area contributed by atoms with E-state index in [0.717, 1.165) is 10.6 Å². The number of ether oxygens (including phenoxy) is 3. The van der Waals surface area contributed by atoms with Crippen LogP contribution >= 0.6 is 0 Å². The van der Waals surface area contributed by atoms with Gasteiger partial charge in [-0.3, -0.25) is 10.1 Å². The highest BCUT2D eigenvalue weighted by Crippen LogP contribution is 2.28. The van der Waals surface area contributed by atoms with Crippen molar-refractivity contribution in [2.75, 3.05) is 20.8 Å². The van der Waals surface area contributed by atoms with Gasteiger partial charge in [-0.25, -0.2) is 14.6 Å². The van der Waals surface area contributed by atoms with Gasteiger partial charge in [0.25, 0.3) is 0 Å². The maximum absolute atomic E-state index is 11.5. The van der Waals surface area contributed by atoms with E-state index in [0.29, 0.717) is 22.6 Å². The Labute approximate surface area is 166 Å². The molecule has 0 saturated carbocycles. The van der Waals surface area contributed by atoms with Gasteiger partial charge in [0, 0.05) is 0 Å². The van der Waals surface area contributed by atoms with Crippen LogP contribution < -0.4 is 14.8 Å². The molecule has 1 fully saturated rings. The fraction of sp³-hybridized carbons (Fsp3) is 0.200. The molecule has 9 nitrogen and oxygen atoms in total. The van der Waals surface area contributed by atoms with Crippen LogP contribution in [0.5, 0.6) is 11.5 Å². The van der Waals surface area contributed by atoms with Crippen molar-refractivity contribution in [2.24, 2.45) is 5.10 Å². The number of urea groups is 1. The Morgan fingerprint density at radius 3 is 2.52 bits per heavy atom. The molecule has 1 saturated heterocycles. The third-order valence-corrected chi connectivity index (χ3v) is 4.08. The summed E-state index contributed by atoms with van der Waals surface area (Å²) in [6.45, 7) is 0.170. The quantitative estimate of drug-likeness (QED) is 0.435. The predicted molar refractivity (Wildman–Crippen MR) is 103 cm³/mol. The number of nitrogens with one attached hydrogen (secondary N) is 1. The van der Waals surface area contributed by atoms with Gasteiger partial charge >= 0.3 is 12.0 Å². The normalized spacial score (nSPS) is 13.5. The van der Waals surface area contributed by atoms with E-state index in [1.54, 1.807) is 42.5 Å². The molecular formula is C20H19N3O6. The Morgan fingerprint density at radius 1 is 1.14 bits per heavy atom. The fourth-order valence-corrected chi connectivity index (χ4v) is 2.56. The highest BCUT2D eigenvalue weighted by Gasteiger charge is 2.25. The minimum atomic E-state index is -0.559. The second kappa shape index (κ2) is 8.87. The van der Waals surface area contributed by atoms with Crippen molar-refractivity contribution in [2.45, 2.75) is 6.61 Å². The molecule has 3 rings (SSSR count). The largest absolute Gasteiger partial charge is 0.493 e. The van der Waals surface area contributed by atoms with Gasteiger partial charge in [0.1, 0.15) is 13.2 Å². The number of benzene rings is 2. The summed E-state index contributed by atoms with van der Waals surface area (Å²) >= 11 is 0. The lowest BCUT2D eigenvalue weighted by molar-refractivity contribution is -0.118. The summed E-state index contributed by atoms with van der Waals surface area (Å²) in [4.78, 5) is 34.1. The van der Waals surface area contributed by atoms with Crippen molar-refractivity contribution in [3.63, 3.8) is 0 Å². The van der Waals surface area contributed by atoms with E-state index >= 15 is 0 Å². The van der Waals surface area contributed by atoms with E-state index < -0.39 is 17.9 Å². The minimum Gasteiger partial charge on any atom is -0.493 e. The molecule has 0 aliphatic carbocycles. The molecule has 1 aliphatic rings. The number of carbonyl (C=O) groups excluding carboxylic acids is 3. The van der Waals surface area contributed by atoms with Crippen LogP contribution in [0.15, 0.2) is 47.6 Å². The molecule has 1 N–H and O–H groups in total. The molecular weight excluding hydrogens is 378 g/mol. The number of methoxy groups -OCH3 is 2. The third-order valence-electron chi connectivity index (χ3n) is 4.08. The van der Waals surface area contributed by atoms with E-state index in [4.69, 9.17) is 9.47 Å². The number of hydrogen-bond donors (Lipinski definition) is 1. The topological polar surface area (TPSA) is 107 Å². The lowest BCUT2D eigenvalue weighted by Gasteiger charge is -2.12. The monoisotopic (exact) mass is 397 g/mol. The lowest BCUT2D eigenvalue weighted by atomic mass is 10.1. The molecule has 1 heterocycles. The van der Waals surface area contributed by atoms with Crippen molar-refractivity contribution in [1.82, 2.24) is 10.3 Å². The molecule has 2 aromatic carbocycles. The van der Waals surface area contributed by atoms with Crippen molar-refractivity contribution in [3.05, 3.63) is 59.2 Å². The van der Waals surface area contributed by atoms with E-state index in [9.17, 15) is 14.4 Å². The number of esters is 1. The summed E-state index contributed by atoms with van der Waals surface area (Å²) in [7, 11) is 2.85. The van der Waals surface area contributed by atoms with E-state index in [1.165, 1.54) is 20.4 Å². The Hall–Kier alpha value is -3.88. The SMILES string of the molecule is COC(=O)c1ccc(COc2ccc(/C=N\N3CC(=O)NC3=O)cc2OC)cc1. The number of carbonyl (C=O) groups is 3. The van der Waals surface area contributed by atoms with E-state index in [1.807, 2.05) is 0 Å². The Kier molecular flexibility index (Phi) is 6.08. The van der Waals surface area contributed by atoms with Crippen molar-refractivity contribution >= 4 is 24.1 Å². The fourth-order valence-electron chi connectivity index (χ4n) is 2.56. The molecule has 2 aromatic rings. The summed E-state index contributed by atoms with van der Waals surface area (Å²) in [5, 5.41) is 7.18. The lowest BCUT2D eigenvalue weighted by Crippen LogP contribution is -2.24. The molecule has 1 aliphatic heterocycles. The van der Waals surface area contributed by atoms with Crippen molar-refractivity contribution in [3.8, 4) is 11.5 Å². The first kappa shape index (κ1) is 19.9. The maximum Gasteiger partial charge on any atom is 0.344 e. The molecule has 29 heavy (non-hydrogen) atoms. The van der Waals surface area contributed by atoms with Gasteiger partial charge in [0.15, 0.2) is 11.5 Å². The average Bonchev–Trinajstić information content (AvgIpc) is 3.07. The Balaban J connectivity index is 1.65. The Bertz CT molecular complexity index is 955. The molecule has 0 unspecified atom stereocenters. The second-order valence-corrected chi connectivity index (χ2v) is 6.04. The molecule has 150 valence electrons. The standard InChI is InChI=1S/C20H19N3O6/c1-27-17-9-14(10-21-23-11-18(24)22-20(23)26)5-8-16(17)29-12-13-3-6-15(7-4-13)19(25)28-2/h3-10H,11-12H2,1-2H3,(H,22,24,26)/b21-10-. The average molecular weight is 397 g/mol. The van der Waals surface area contributed by atoms with Gasteiger partial charge in [0.05, 0.1) is 26.0 Å². The zero-order valence-corrected chi connectivity index (χ0v) is 15.9.